The van der Waals surface area contributed by atoms with E-state index in [9.17, 15) is 14.0 Å². The van der Waals surface area contributed by atoms with Gasteiger partial charge in [0, 0.05) is 5.69 Å². The predicted molar refractivity (Wildman–Crippen MR) is 70.6 cm³/mol. The number of nitrogens with zero attached hydrogens (tertiary/aromatic N) is 1. The fraction of sp³-hybridized carbons (Fsp3) is 0.429. The summed E-state index contributed by atoms with van der Waals surface area (Å²) in [6, 6.07) is 4.62. The number of aldehydes is 1. The first kappa shape index (κ1) is 15.1. The first-order valence-electron chi connectivity index (χ1n) is 5.97. The molecule has 104 valence electrons. The van der Waals surface area contributed by atoms with Gasteiger partial charge < -0.3 is 9.53 Å². The summed E-state index contributed by atoms with van der Waals surface area (Å²) in [6.07, 6.45) is -0.00787. The maximum absolute atomic E-state index is 12.9. The van der Waals surface area contributed by atoms with E-state index in [0.29, 0.717) is 12.0 Å². The van der Waals surface area contributed by atoms with E-state index < -0.39 is 23.6 Å². The third-order valence-electron chi connectivity index (χ3n) is 2.30. The fourth-order valence-electron chi connectivity index (χ4n) is 1.48. The van der Waals surface area contributed by atoms with Crippen molar-refractivity contribution in [2.75, 3.05) is 4.90 Å². The molecule has 0 bridgehead atoms. The number of carbonyl (C=O) groups excluding carboxylic acids is 2. The van der Waals surface area contributed by atoms with Gasteiger partial charge in [0.15, 0.2) is 0 Å². The molecule has 0 N–H and O–H groups in total. The molecule has 0 radical (unpaired) electrons. The van der Waals surface area contributed by atoms with Crippen molar-refractivity contribution in [3.8, 4) is 0 Å². The van der Waals surface area contributed by atoms with Gasteiger partial charge in [-0.05, 0) is 52.0 Å². The number of hydrogen-bond acceptors (Lipinski definition) is 3. The number of rotatable bonds is 3. The number of carbonyl (C=O) groups is 2. The van der Waals surface area contributed by atoms with Crippen molar-refractivity contribution >= 4 is 18.1 Å². The van der Waals surface area contributed by atoms with Crippen LogP contribution in [0.5, 0.6) is 0 Å². The number of benzene rings is 1. The molecule has 0 saturated heterocycles. The Balaban J connectivity index is 3.05. The third kappa shape index (κ3) is 4.35. The Morgan fingerprint density at radius 2 is 1.84 bits per heavy atom. The zero-order valence-electron chi connectivity index (χ0n) is 11.5. The lowest BCUT2D eigenvalue weighted by Gasteiger charge is -2.29. The van der Waals surface area contributed by atoms with Gasteiger partial charge in [0.05, 0.1) is 6.04 Å². The van der Waals surface area contributed by atoms with E-state index >= 15 is 0 Å². The van der Waals surface area contributed by atoms with Gasteiger partial charge in [-0.2, -0.15) is 0 Å². The first-order valence-corrected chi connectivity index (χ1v) is 5.97. The lowest BCUT2D eigenvalue weighted by atomic mass is 10.2. The van der Waals surface area contributed by atoms with Gasteiger partial charge in [-0.3, -0.25) is 4.90 Å². The topological polar surface area (TPSA) is 46.6 Å². The smallest absolute Gasteiger partial charge is 0.415 e. The minimum Gasteiger partial charge on any atom is -0.443 e. The largest absolute Gasteiger partial charge is 0.443 e. The van der Waals surface area contributed by atoms with Crippen molar-refractivity contribution in [1.82, 2.24) is 0 Å². The highest BCUT2D eigenvalue weighted by Crippen LogP contribution is 2.20. The number of halogens is 1. The standard InChI is InChI=1S/C14H18FNO3/c1-10(9-17)16(13(18)19-14(2,3)4)12-7-5-11(15)6-8-12/h5-10H,1-4H3. The van der Waals surface area contributed by atoms with Crippen molar-refractivity contribution in [3.63, 3.8) is 0 Å². The molecule has 1 aromatic rings. The number of ether oxygens (including phenoxy) is 1. The number of amides is 1. The Labute approximate surface area is 112 Å². The van der Waals surface area contributed by atoms with Gasteiger partial charge in [0.25, 0.3) is 0 Å². The summed E-state index contributed by atoms with van der Waals surface area (Å²) in [5.74, 6) is -0.411. The molecule has 0 aliphatic rings. The molecule has 0 aliphatic carbocycles. The maximum Gasteiger partial charge on any atom is 0.415 e. The summed E-state index contributed by atoms with van der Waals surface area (Å²) in [4.78, 5) is 24.2. The maximum atomic E-state index is 12.9. The zero-order chi connectivity index (χ0) is 14.6. The van der Waals surface area contributed by atoms with E-state index in [0.717, 1.165) is 0 Å². The summed E-state index contributed by atoms with van der Waals surface area (Å²) >= 11 is 0. The van der Waals surface area contributed by atoms with E-state index in [1.165, 1.54) is 29.2 Å². The van der Waals surface area contributed by atoms with E-state index in [1.807, 2.05) is 0 Å². The Hall–Kier alpha value is -1.91. The van der Waals surface area contributed by atoms with Crippen LogP contribution in [-0.4, -0.2) is 24.0 Å². The normalized spacial score (nSPS) is 12.7. The average Bonchev–Trinajstić information content (AvgIpc) is 2.29. The minimum atomic E-state index is -0.694. The van der Waals surface area contributed by atoms with Gasteiger partial charge in [0.1, 0.15) is 17.7 Å². The van der Waals surface area contributed by atoms with Crippen molar-refractivity contribution < 1.29 is 18.7 Å². The molecular formula is C14H18FNO3. The van der Waals surface area contributed by atoms with Crippen LogP contribution < -0.4 is 4.90 Å². The highest BCUT2D eigenvalue weighted by molar-refractivity contribution is 5.92. The van der Waals surface area contributed by atoms with Crippen molar-refractivity contribution in [1.29, 1.82) is 0 Å². The van der Waals surface area contributed by atoms with Crippen LogP contribution in [0.1, 0.15) is 27.7 Å². The zero-order valence-corrected chi connectivity index (χ0v) is 11.5. The Bertz CT molecular complexity index is 451. The lowest BCUT2D eigenvalue weighted by molar-refractivity contribution is -0.108. The highest BCUT2D eigenvalue weighted by Gasteiger charge is 2.27. The van der Waals surface area contributed by atoms with Gasteiger partial charge in [-0.15, -0.1) is 0 Å². The van der Waals surface area contributed by atoms with E-state index in [4.69, 9.17) is 4.74 Å². The SMILES string of the molecule is CC(C=O)N(C(=O)OC(C)(C)C)c1ccc(F)cc1. The van der Waals surface area contributed by atoms with Crippen LogP contribution >= 0.6 is 0 Å². The van der Waals surface area contributed by atoms with Crippen LogP contribution in [0.25, 0.3) is 0 Å². The molecule has 1 amide bonds. The number of anilines is 1. The predicted octanol–water partition coefficient (Wildman–Crippen LogP) is 3.15. The minimum absolute atomic E-state index is 0.411. The molecule has 0 aromatic heterocycles. The summed E-state index contributed by atoms with van der Waals surface area (Å²) in [5, 5.41) is 0. The van der Waals surface area contributed by atoms with Crippen LogP contribution in [-0.2, 0) is 9.53 Å². The molecule has 1 unspecified atom stereocenters. The molecule has 0 spiro atoms. The Morgan fingerprint density at radius 3 is 2.26 bits per heavy atom. The molecular weight excluding hydrogens is 249 g/mol. The van der Waals surface area contributed by atoms with E-state index in [2.05, 4.69) is 0 Å². The molecule has 4 nitrogen and oxygen atoms in total. The molecule has 0 fully saturated rings. The second-order valence-electron chi connectivity index (χ2n) is 5.20. The van der Waals surface area contributed by atoms with Crippen LogP contribution in [0.2, 0.25) is 0 Å². The first-order chi connectivity index (χ1) is 8.74. The fourth-order valence-corrected chi connectivity index (χ4v) is 1.48. The van der Waals surface area contributed by atoms with Crippen molar-refractivity contribution in [3.05, 3.63) is 30.1 Å². The van der Waals surface area contributed by atoms with Crippen LogP contribution in [0.15, 0.2) is 24.3 Å². The Kier molecular flexibility index (Phi) is 4.64. The molecule has 0 heterocycles. The summed E-state index contributed by atoms with van der Waals surface area (Å²) < 4.78 is 18.1. The van der Waals surface area contributed by atoms with Gasteiger partial charge >= 0.3 is 6.09 Å². The summed E-state index contributed by atoms with van der Waals surface area (Å²) in [6.45, 7) is 6.78. The number of hydrogen-bond donors (Lipinski definition) is 0. The Morgan fingerprint density at radius 1 is 1.32 bits per heavy atom. The van der Waals surface area contributed by atoms with Gasteiger partial charge in [0.2, 0.25) is 0 Å². The third-order valence-corrected chi connectivity index (χ3v) is 2.30. The van der Waals surface area contributed by atoms with Crippen molar-refractivity contribution in [2.24, 2.45) is 0 Å². The second-order valence-corrected chi connectivity index (χ2v) is 5.20. The summed E-state index contributed by atoms with van der Waals surface area (Å²) in [7, 11) is 0. The molecule has 5 heteroatoms. The summed E-state index contributed by atoms with van der Waals surface area (Å²) in [5.41, 5.74) is -0.256. The monoisotopic (exact) mass is 267 g/mol. The van der Waals surface area contributed by atoms with E-state index in [1.54, 1.807) is 27.7 Å². The molecule has 1 aromatic carbocycles. The van der Waals surface area contributed by atoms with Crippen LogP contribution in [0.4, 0.5) is 14.9 Å². The van der Waals surface area contributed by atoms with Crippen molar-refractivity contribution in [2.45, 2.75) is 39.3 Å². The highest BCUT2D eigenvalue weighted by atomic mass is 19.1. The molecule has 19 heavy (non-hydrogen) atoms. The lowest BCUT2D eigenvalue weighted by Crippen LogP contribution is -2.43. The second kappa shape index (κ2) is 5.82. The molecule has 1 atom stereocenters. The molecule has 1 rings (SSSR count). The average molecular weight is 267 g/mol. The van der Waals surface area contributed by atoms with Gasteiger partial charge in [-0.1, -0.05) is 0 Å². The van der Waals surface area contributed by atoms with Crippen LogP contribution in [0, 0.1) is 5.82 Å². The van der Waals surface area contributed by atoms with Gasteiger partial charge in [-0.25, -0.2) is 9.18 Å². The quantitative estimate of drug-likeness (QED) is 0.790. The van der Waals surface area contributed by atoms with E-state index in [-0.39, 0.29) is 0 Å². The molecule has 0 aliphatic heterocycles. The molecule has 0 saturated carbocycles. The van der Waals surface area contributed by atoms with Crippen LogP contribution in [0.3, 0.4) is 0 Å².